The lowest BCUT2D eigenvalue weighted by Gasteiger charge is -2.14. The number of rotatable bonds is 9. The lowest BCUT2D eigenvalue weighted by atomic mass is 10.2. The molecule has 2 rings (SSSR count). The monoisotopic (exact) mass is 496 g/mol. The smallest absolute Gasteiger partial charge is 0.262 e. The van der Waals surface area contributed by atoms with E-state index >= 15 is 0 Å². The third-order valence-electron chi connectivity index (χ3n) is 3.56. The molecule has 1 amide bonds. The number of amides is 1. The van der Waals surface area contributed by atoms with Gasteiger partial charge in [-0.05, 0) is 78.4 Å². The molecule has 3 N–H and O–H groups in total. The van der Waals surface area contributed by atoms with Crippen molar-refractivity contribution < 1.29 is 18.7 Å². The largest absolute Gasteiger partial charge is 0.490 e. The Balaban J connectivity index is 2.04. The van der Waals surface area contributed by atoms with E-state index in [2.05, 4.69) is 37.1 Å². The Morgan fingerprint density at radius 3 is 2.57 bits per heavy atom. The van der Waals surface area contributed by atoms with Gasteiger partial charge in [-0.3, -0.25) is 10.2 Å². The first-order valence-corrected chi connectivity index (χ1v) is 10.3. The minimum Gasteiger partial charge on any atom is -0.490 e. The molecule has 160 valence electrons. The molecule has 0 fully saturated rings. The second kappa shape index (κ2) is 12.1. The van der Waals surface area contributed by atoms with Crippen molar-refractivity contribution in [3.8, 4) is 11.5 Å². The third kappa shape index (κ3) is 7.60. The van der Waals surface area contributed by atoms with Gasteiger partial charge in [0.1, 0.15) is 5.82 Å². The van der Waals surface area contributed by atoms with Gasteiger partial charge in [-0.1, -0.05) is 0 Å². The molecule has 0 spiro atoms. The molecule has 0 aromatic heterocycles. The summed E-state index contributed by atoms with van der Waals surface area (Å²) in [5.41, 5.74) is 3.92. The molecular weight excluding hydrogens is 475 g/mol. The van der Waals surface area contributed by atoms with Gasteiger partial charge in [0.15, 0.2) is 23.2 Å². The van der Waals surface area contributed by atoms with Crippen LogP contribution in [-0.4, -0.2) is 37.0 Å². The van der Waals surface area contributed by atoms with E-state index < -0.39 is 0 Å². The molecule has 0 aliphatic rings. The van der Waals surface area contributed by atoms with Crippen LogP contribution >= 0.6 is 28.1 Å². The van der Waals surface area contributed by atoms with Gasteiger partial charge in [0.25, 0.3) is 5.91 Å². The van der Waals surface area contributed by atoms with Gasteiger partial charge in [-0.25, -0.2) is 4.39 Å². The minimum atomic E-state index is -0.382. The lowest BCUT2D eigenvalue weighted by Crippen LogP contribution is -2.31. The Morgan fingerprint density at radius 2 is 1.90 bits per heavy atom. The molecule has 0 radical (unpaired) electrons. The van der Waals surface area contributed by atoms with Crippen molar-refractivity contribution in [3.63, 3.8) is 0 Å². The fourth-order valence-corrected chi connectivity index (χ4v) is 2.89. The number of carbonyl (C=O) groups is 1. The molecule has 0 aliphatic carbocycles. The van der Waals surface area contributed by atoms with Gasteiger partial charge in [0.05, 0.1) is 12.8 Å². The maximum absolute atomic E-state index is 13.0. The number of ether oxygens (including phenoxy) is 2. The molecule has 0 saturated heterocycles. The number of hydrazone groups is 1. The normalized spacial score (nSPS) is 10.5. The maximum Gasteiger partial charge on any atom is 0.262 e. The summed E-state index contributed by atoms with van der Waals surface area (Å²) in [6.45, 7) is 4.65. The Hall–Kier alpha value is -2.72. The van der Waals surface area contributed by atoms with Crippen LogP contribution in [0.2, 0.25) is 0 Å². The molecule has 10 heteroatoms. The van der Waals surface area contributed by atoms with Gasteiger partial charge in [-0.2, -0.15) is 5.10 Å². The number of nitrogens with one attached hydrogen (secondary N) is 3. The van der Waals surface area contributed by atoms with Crippen LogP contribution in [0.15, 0.2) is 46.0 Å². The van der Waals surface area contributed by atoms with Crippen molar-refractivity contribution in [2.45, 2.75) is 13.8 Å². The van der Waals surface area contributed by atoms with Gasteiger partial charge >= 0.3 is 0 Å². The van der Waals surface area contributed by atoms with Crippen LogP contribution in [0, 0.1) is 5.82 Å². The summed E-state index contributed by atoms with van der Waals surface area (Å²) in [4.78, 5) is 12.1. The van der Waals surface area contributed by atoms with Crippen LogP contribution in [0.5, 0.6) is 11.5 Å². The molecule has 2 aromatic carbocycles. The second-order valence-electron chi connectivity index (χ2n) is 5.83. The second-order valence-corrected chi connectivity index (χ2v) is 7.09. The van der Waals surface area contributed by atoms with Gasteiger partial charge in [-0.15, -0.1) is 0 Å². The van der Waals surface area contributed by atoms with Gasteiger partial charge < -0.3 is 20.1 Å². The first-order chi connectivity index (χ1) is 14.4. The Kier molecular flexibility index (Phi) is 9.49. The SMILES string of the molecule is CCNC(=S)NN=Cc1cc(OCC)c(OCC(=O)Nc2ccc(F)cc2)cc1Br. The van der Waals surface area contributed by atoms with Crippen molar-refractivity contribution in [2.24, 2.45) is 5.10 Å². The summed E-state index contributed by atoms with van der Waals surface area (Å²) in [5, 5.41) is 10.1. The van der Waals surface area contributed by atoms with Crippen molar-refractivity contribution in [1.82, 2.24) is 10.7 Å². The molecule has 0 saturated carbocycles. The van der Waals surface area contributed by atoms with E-state index in [-0.39, 0.29) is 18.3 Å². The molecule has 0 unspecified atom stereocenters. The van der Waals surface area contributed by atoms with Crippen LogP contribution in [0.3, 0.4) is 0 Å². The Morgan fingerprint density at radius 1 is 1.20 bits per heavy atom. The van der Waals surface area contributed by atoms with E-state index in [1.807, 2.05) is 13.8 Å². The number of nitrogens with zero attached hydrogens (tertiary/aromatic N) is 1. The van der Waals surface area contributed by atoms with Crippen molar-refractivity contribution in [2.75, 3.05) is 25.1 Å². The highest BCUT2D eigenvalue weighted by molar-refractivity contribution is 9.10. The zero-order valence-electron chi connectivity index (χ0n) is 16.5. The number of benzene rings is 2. The van der Waals surface area contributed by atoms with E-state index in [1.165, 1.54) is 24.3 Å². The summed E-state index contributed by atoms with van der Waals surface area (Å²) in [6, 6.07) is 8.91. The predicted octanol–water partition coefficient (Wildman–Crippen LogP) is 3.82. The fraction of sp³-hybridized carbons (Fsp3) is 0.250. The standard InChI is InChI=1S/C20H22BrFN4O3S/c1-3-23-20(30)26-24-11-13-9-17(28-4-2)18(10-16(13)21)29-12-19(27)25-15-7-5-14(22)6-8-15/h5-11H,3-4,12H2,1-2H3,(H,25,27)(H2,23,26,30). The summed E-state index contributed by atoms with van der Waals surface area (Å²) in [7, 11) is 0. The van der Waals surface area contributed by atoms with Crippen LogP contribution in [0.4, 0.5) is 10.1 Å². The van der Waals surface area contributed by atoms with Gasteiger partial charge in [0.2, 0.25) is 0 Å². The molecule has 0 bridgehead atoms. The number of halogens is 2. The summed E-state index contributed by atoms with van der Waals surface area (Å²) in [6.07, 6.45) is 1.58. The van der Waals surface area contributed by atoms with Crippen molar-refractivity contribution in [1.29, 1.82) is 0 Å². The Bertz CT molecular complexity index is 910. The van der Waals surface area contributed by atoms with E-state index in [9.17, 15) is 9.18 Å². The van der Waals surface area contributed by atoms with Crippen molar-refractivity contribution in [3.05, 3.63) is 52.3 Å². The molecule has 0 aliphatic heterocycles. The molecule has 0 heterocycles. The predicted molar refractivity (Wildman–Crippen MR) is 123 cm³/mol. The summed E-state index contributed by atoms with van der Waals surface area (Å²) in [5.74, 6) is 0.0990. The van der Waals surface area contributed by atoms with Crippen LogP contribution in [-0.2, 0) is 4.79 Å². The topological polar surface area (TPSA) is 84.0 Å². The van der Waals surface area contributed by atoms with E-state index in [4.69, 9.17) is 21.7 Å². The van der Waals surface area contributed by atoms with Crippen LogP contribution in [0.25, 0.3) is 0 Å². The quantitative estimate of drug-likeness (QED) is 0.278. The first-order valence-electron chi connectivity index (χ1n) is 9.14. The van der Waals surface area contributed by atoms with E-state index in [0.717, 1.165) is 5.56 Å². The highest BCUT2D eigenvalue weighted by Gasteiger charge is 2.12. The summed E-state index contributed by atoms with van der Waals surface area (Å²) >= 11 is 8.51. The minimum absolute atomic E-state index is 0.240. The number of hydrogen-bond acceptors (Lipinski definition) is 5. The molecule has 0 atom stereocenters. The number of anilines is 1. The van der Waals surface area contributed by atoms with Crippen LogP contribution < -0.4 is 25.5 Å². The first kappa shape index (κ1) is 23.6. The molecule has 2 aromatic rings. The zero-order chi connectivity index (χ0) is 21.9. The fourth-order valence-electron chi connectivity index (χ4n) is 2.27. The van der Waals surface area contributed by atoms with E-state index in [1.54, 1.807) is 18.3 Å². The Labute approximate surface area is 188 Å². The lowest BCUT2D eigenvalue weighted by molar-refractivity contribution is -0.118. The highest BCUT2D eigenvalue weighted by atomic mass is 79.9. The average molecular weight is 497 g/mol. The number of hydrogen-bond donors (Lipinski definition) is 3. The van der Waals surface area contributed by atoms with Gasteiger partial charge in [0, 0.05) is 22.3 Å². The number of thiocarbonyl (C=S) groups is 1. The maximum atomic E-state index is 13.0. The van der Waals surface area contributed by atoms with Crippen molar-refractivity contribution >= 4 is 51.1 Å². The summed E-state index contributed by atoms with van der Waals surface area (Å²) < 4.78 is 24.9. The average Bonchev–Trinajstić information content (AvgIpc) is 2.71. The number of carbonyl (C=O) groups excluding carboxylic acids is 1. The molecular formula is C20H22BrFN4O3S. The molecule has 30 heavy (non-hydrogen) atoms. The third-order valence-corrected chi connectivity index (χ3v) is 4.48. The van der Waals surface area contributed by atoms with E-state index in [0.29, 0.717) is 39.9 Å². The zero-order valence-corrected chi connectivity index (χ0v) is 18.9. The molecule has 7 nitrogen and oxygen atoms in total. The highest BCUT2D eigenvalue weighted by Crippen LogP contribution is 2.33. The van der Waals surface area contributed by atoms with Crippen LogP contribution in [0.1, 0.15) is 19.4 Å².